The number of hydrogen-bond acceptors (Lipinski definition) is 4. The van der Waals surface area contributed by atoms with Gasteiger partial charge in [-0.15, -0.1) is 0 Å². The van der Waals surface area contributed by atoms with Crippen molar-refractivity contribution in [3.63, 3.8) is 0 Å². The van der Waals surface area contributed by atoms with E-state index in [-0.39, 0.29) is 12.5 Å². The van der Waals surface area contributed by atoms with Crippen molar-refractivity contribution in [1.29, 1.82) is 0 Å². The normalized spacial score (nSPS) is 10.5. The standard InChI is InChI=1S/C17H21NO4/c1-12(2)10-18-17(19)16-8-7-15(22-16)11-21-14-6-4-5-13(9-14)20-3/h4-9,12H,10-11H2,1-3H3,(H,18,19). The monoisotopic (exact) mass is 303 g/mol. The van der Waals surface area contributed by atoms with Crippen molar-refractivity contribution in [1.82, 2.24) is 5.32 Å². The molecular formula is C17H21NO4. The van der Waals surface area contributed by atoms with E-state index in [9.17, 15) is 4.79 Å². The van der Waals surface area contributed by atoms with E-state index >= 15 is 0 Å². The quantitative estimate of drug-likeness (QED) is 0.853. The van der Waals surface area contributed by atoms with Gasteiger partial charge in [0.1, 0.15) is 23.9 Å². The number of carbonyl (C=O) groups excluding carboxylic acids is 1. The summed E-state index contributed by atoms with van der Waals surface area (Å²) in [4.78, 5) is 11.9. The average Bonchev–Trinajstić information content (AvgIpc) is 3.00. The minimum atomic E-state index is -0.207. The summed E-state index contributed by atoms with van der Waals surface area (Å²) in [6, 6.07) is 10.7. The molecule has 5 heteroatoms. The summed E-state index contributed by atoms with van der Waals surface area (Å²) in [7, 11) is 1.60. The van der Waals surface area contributed by atoms with Crippen LogP contribution >= 0.6 is 0 Å². The first-order valence-electron chi connectivity index (χ1n) is 7.22. The molecule has 0 saturated carbocycles. The lowest BCUT2D eigenvalue weighted by atomic mass is 10.2. The molecule has 0 saturated heterocycles. The lowest BCUT2D eigenvalue weighted by molar-refractivity contribution is 0.0917. The van der Waals surface area contributed by atoms with Gasteiger partial charge in [0.15, 0.2) is 5.76 Å². The molecule has 0 atom stereocenters. The molecule has 1 heterocycles. The van der Waals surface area contributed by atoms with E-state index in [1.165, 1.54) is 0 Å². The Balaban J connectivity index is 1.90. The molecule has 0 aliphatic carbocycles. The van der Waals surface area contributed by atoms with Gasteiger partial charge in [0.25, 0.3) is 5.91 Å². The fourth-order valence-corrected chi connectivity index (χ4v) is 1.81. The Morgan fingerprint density at radius 1 is 1.23 bits per heavy atom. The number of nitrogens with one attached hydrogen (secondary N) is 1. The van der Waals surface area contributed by atoms with Gasteiger partial charge in [-0.25, -0.2) is 0 Å². The zero-order valence-electron chi connectivity index (χ0n) is 13.1. The van der Waals surface area contributed by atoms with Gasteiger partial charge in [-0.1, -0.05) is 19.9 Å². The van der Waals surface area contributed by atoms with Crippen LogP contribution < -0.4 is 14.8 Å². The van der Waals surface area contributed by atoms with E-state index in [1.54, 1.807) is 25.3 Å². The third-order valence-corrected chi connectivity index (χ3v) is 2.98. The van der Waals surface area contributed by atoms with E-state index in [2.05, 4.69) is 5.32 Å². The maximum atomic E-state index is 11.9. The fourth-order valence-electron chi connectivity index (χ4n) is 1.81. The second-order valence-corrected chi connectivity index (χ2v) is 5.34. The minimum absolute atomic E-state index is 0.207. The molecule has 0 aliphatic heterocycles. The molecule has 2 aromatic rings. The molecule has 0 aliphatic rings. The lowest BCUT2D eigenvalue weighted by Gasteiger charge is -2.06. The van der Waals surface area contributed by atoms with Crippen molar-refractivity contribution in [2.45, 2.75) is 20.5 Å². The van der Waals surface area contributed by atoms with Crippen LogP contribution in [0.5, 0.6) is 11.5 Å². The Hall–Kier alpha value is -2.43. The highest BCUT2D eigenvalue weighted by Crippen LogP contribution is 2.20. The van der Waals surface area contributed by atoms with Crippen LogP contribution in [0.25, 0.3) is 0 Å². The fraction of sp³-hybridized carbons (Fsp3) is 0.353. The molecule has 22 heavy (non-hydrogen) atoms. The van der Waals surface area contributed by atoms with Crippen molar-refractivity contribution >= 4 is 5.91 Å². The molecule has 5 nitrogen and oxygen atoms in total. The third-order valence-electron chi connectivity index (χ3n) is 2.98. The predicted molar refractivity (Wildman–Crippen MR) is 83.2 cm³/mol. The van der Waals surface area contributed by atoms with E-state index in [0.29, 0.717) is 29.7 Å². The highest BCUT2D eigenvalue weighted by Gasteiger charge is 2.11. The molecule has 2 rings (SSSR count). The number of amides is 1. The molecule has 1 aromatic heterocycles. The van der Waals surface area contributed by atoms with Gasteiger partial charge in [-0.2, -0.15) is 0 Å². The third kappa shape index (κ3) is 4.55. The molecule has 1 N–H and O–H groups in total. The molecule has 0 spiro atoms. The number of furan rings is 1. The number of methoxy groups -OCH3 is 1. The van der Waals surface area contributed by atoms with Crippen molar-refractivity contribution in [3.05, 3.63) is 47.9 Å². The SMILES string of the molecule is COc1cccc(OCc2ccc(C(=O)NCC(C)C)o2)c1. The van der Waals surface area contributed by atoms with Crippen LogP contribution in [0.1, 0.15) is 30.2 Å². The number of rotatable bonds is 7. The molecule has 0 radical (unpaired) electrons. The summed E-state index contributed by atoms with van der Waals surface area (Å²) in [6.07, 6.45) is 0. The largest absolute Gasteiger partial charge is 0.497 e. The van der Waals surface area contributed by atoms with Crippen molar-refractivity contribution in [2.75, 3.05) is 13.7 Å². The summed E-state index contributed by atoms with van der Waals surface area (Å²) in [5.74, 6) is 2.49. The molecule has 1 amide bonds. The van der Waals surface area contributed by atoms with E-state index in [4.69, 9.17) is 13.9 Å². The van der Waals surface area contributed by atoms with Gasteiger partial charge in [0, 0.05) is 12.6 Å². The number of benzene rings is 1. The first-order chi connectivity index (χ1) is 10.6. The van der Waals surface area contributed by atoms with E-state index in [1.807, 2.05) is 32.0 Å². The van der Waals surface area contributed by atoms with Gasteiger partial charge in [0.05, 0.1) is 7.11 Å². The number of ether oxygens (including phenoxy) is 2. The molecule has 0 bridgehead atoms. The Morgan fingerprint density at radius 2 is 2.00 bits per heavy atom. The summed E-state index contributed by atoms with van der Waals surface area (Å²) < 4.78 is 16.2. The highest BCUT2D eigenvalue weighted by molar-refractivity contribution is 5.91. The predicted octanol–water partition coefficient (Wildman–Crippen LogP) is 3.25. The van der Waals surface area contributed by atoms with Gasteiger partial charge < -0.3 is 19.2 Å². The van der Waals surface area contributed by atoms with Crippen LogP contribution in [-0.2, 0) is 6.61 Å². The van der Waals surface area contributed by atoms with Crippen LogP contribution in [-0.4, -0.2) is 19.6 Å². The smallest absolute Gasteiger partial charge is 0.287 e. The second kappa shape index (κ2) is 7.54. The lowest BCUT2D eigenvalue weighted by Crippen LogP contribution is -2.26. The second-order valence-electron chi connectivity index (χ2n) is 5.34. The Labute approximate surface area is 130 Å². The van der Waals surface area contributed by atoms with Gasteiger partial charge in [0.2, 0.25) is 0 Å². The molecule has 1 aromatic carbocycles. The van der Waals surface area contributed by atoms with Gasteiger partial charge in [-0.3, -0.25) is 4.79 Å². The first kappa shape index (κ1) is 15.9. The van der Waals surface area contributed by atoms with E-state index in [0.717, 1.165) is 5.75 Å². The Bertz CT molecular complexity index is 619. The highest BCUT2D eigenvalue weighted by atomic mass is 16.5. The maximum absolute atomic E-state index is 11.9. The van der Waals surface area contributed by atoms with E-state index < -0.39 is 0 Å². The number of carbonyl (C=O) groups is 1. The summed E-state index contributed by atoms with van der Waals surface area (Å²) >= 11 is 0. The van der Waals surface area contributed by atoms with Crippen LogP contribution in [0, 0.1) is 5.92 Å². The summed E-state index contributed by atoms with van der Waals surface area (Å²) in [6.45, 7) is 4.95. The first-order valence-corrected chi connectivity index (χ1v) is 7.22. The van der Waals surface area contributed by atoms with Crippen LogP contribution in [0.4, 0.5) is 0 Å². The van der Waals surface area contributed by atoms with Crippen LogP contribution in [0.2, 0.25) is 0 Å². The average molecular weight is 303 g/mol. The van der Waals surface area contributed by atoms with Crippen molar-refractivity contribution < 1.29 is 18.7 Å². The molecule has 0 fully saturated rings. The summed E-state index contributed by atoms with van der Waals surface area (Å²) in [5, 5.41) is 2.81. The zero-order chi connectivity index (χ0) is 15.9. The Morgan fingerprint density at radius 3 is 2.73 bits per heavy atom. The molecular weight excluding hydrogens is 282 g/mol. The van der Waals surface area contributed by atoms with Gasteiger partial charge in [-0.05, 0) is 30.2 Å². The van der Waals surface area contributed by atoms with Gasteiger partial charge >= 0.3 is 0 Å². The maximum Gasteiger partial charge on any atom is 0.287 e. The Kier molecular flexibility index (Phi) is 5.47. The van der Waals surface area contributed by atoms with Crippen molar-refractivity contribution in [2.24, 2.45) is 5.92 Å². The minimum Gasteiger partial charge on any atom is -0.497 e. The van der Waals surface area contributed by atoms with Crippen LogP contribution in [0.15, 0.2) is 40.8 Å². The molecule has 118 valence electrons. The molecule has 0 unspecified atom stereocenters. The number of hydrogen-bond donors (Lipinski definition) is 1. The summed E-state index contributed by atoms with van der Waals surface area (Å²) in [5.41, 5.74) is 0. The van der Waals surface area contributed by atoms with Crippen molar-refractivity contribution in [3.8, 4) is 11.5 Å². The van der Waals surface area contributed by atoms with Crippen LogP contribution in [0.3, 0.4) is 0 Å². The topological polar surface area (TPSA) is 60.7 Å². The zero-order valence-corrected chi connectivity index (χ0v) is 13.1.